The molecule has 0 saturated heterocycles. The summed E-state index contributed by atoms with van der Waals surface area (Å²) in [7, 11) is 0. The Morgan fingerprint density at radius 1 is 0.673 bits per heavy atom. The van der Waals surface area contributed by atoms with Gasteiger partial charge in [0.1, 0.15) is 39.4 Å². The maximum atomic E-state index is 6.89. The Hall–Kier alpha value is -6.14. The van der Waals surface area contributed by atoms with Crippen LogP contribution in [0.25, 0.3) is 66.4 Å². The molecule has 49 heavy (non-hydrogen) atoms. The van der Waals surface area contributed by atoms with Crippen molar-refractivity contribution in [3.63, 3.8) is 0 Å². The first kappa shape index (κ1) is 25.9. The van der Waals surface area contributed by atoms with Gasteiger partial charge in [-0.25, -0.2) is 0 Å². The van der Waals surface area contributed by atoms with Crippen LogP contribution in [0.15, 0.2) is 114 Å². The number of benzene rings is 5. The second kappa shape index (κ2) is 8.28. The fourth-order valence-electron chi connectivity index (χ4n) is 9.90. The molecule has 0 bridgehead atoms. The Labute approximate surface area is 281 Å². The molecule has 0 saturated carbocycles. The molecule has 1 spiro atoms. The van der Waals surface area contributed by atoms with Crippen LogP contribution in [0.2, 0.25) is 0 Å². The van der Waals surface area contributed by atoms with Gasteiger partial charge in [0.15, 0.2) is 11.1 Å². The van der Waals surface area contributed by atoms with Gasteiger partial charge in [0.05, 0.1) is 17.5 Å². The van der Waals surface area contributed by atoms with Gasteiger partial charge < -0.3 is 9.15 Å². The standard InChI is InChI=1S/C43H30N4O2/c1-23-22-30-28-13-6-8-16-33(28)49-42(30)24(2)37(23)38-25(3)46-32-15-11-17-34-39(32)43(47(46)26(38)4)40-35(48-34)20-19-29-27-12-5-7-14-31(27)45(41(29)40)36-18-9-10-21-44(36)43/h5-22H,1-4H3/q+2. The van der Waals surface area contributed by atoms with Gasteiger partial charge in [-0.2, -0.15) is 9.13 Å². The van der Waals surface area contributed by atoms with Crippen LogP contribution >= 0.6 is 0 Å². The van der Waals surface area contributed by atoms with Gasteiger partial charge in [-0.15, -0.1) is 4.68 Å². The molecular weight excluding hydrogens is 604 g/mol. The smallest absolute Gasteiger partial charge is 0.397 e. The number of rotatable bonds is 1. The van der Waals surface area contributed by atoms with Crippen LogP contribution in [0.3, 0.4) is 0 Å². The molecule has 6 nitrogen and oxygen atoms in total. The van der Waals surface area contributed by atoms with Crippen LogP contribution in [0.4, 0.5) is 0 Å². The van der Waals surface area contributed by atoms with Crippen molar-refractivity contribution >= 4 is 43.7 Å². The maximum Gasteiger partial charge on any atom is 0.397 e. The van der Waals surface area contributed by atoms with Crippen LogP contribution in [-0.2, 0) is 5.66 Å². The lowest BCUT2D eigenvalue weighted by Crippen LogP contribution is -2.77. The Morgan fingerprint density at radius 3 is 2.37 bits per heavy atom. The van der Waals surface area contributed by atoms with E-state index in [2.05, 4.69) is 149 Å². The topological polar surface area (TPSA) is 40.0 Å². The zero-order chi connectivity index (χ0) is 32.5. The number of ether oxygens (including phenoxy) is 1. The highest BCUT2D eigenvalue weighted by Crippen LogP contribution is 2.56. The van der Waals surface area contributed by atoms with Crippen molar-refractivity contribution in [2.45, 2.75) is 33.4 Å². The van der Waals surface area contributed by atoms with Crippen LogP contribution in [0.1, 0.15) is 33.6 Å². The van der Waals surface area contributed by atoms with E-state index in [0.29, 0.717) is 0 Å². The minimum Gasteiger partial charge on any atom is -0.456 e. The van der Waals surface area contributed by atoms with Gasteiger partial charge in [0, 0.05) is 40.1 Å². The lowest BCUT2D eigenvalue weighted by molar-refractivity contribution is -0.995. The molecule has 0 amide bonds. The van der Waals surface area contributed by atoms with Gasteiger partial charge in [-0.3, -0.25) is 0 Å². The first-order valence-corrected chi connectivity index (χ1v) is 17.0. The van der Waals surface area contributed by atoms with Crippen LogP contribution in [0.5, 0.6) is 11.5 Å². The summed E-state index contributed by atoms with van der Waals surface area (Å²) in [4.78, 5) is 0. The summed E-state index contributed by atoms with van der Waals surface area (Å²) < 4.78 is 23.4. The van der Waals surface area contributed by atoms with Crippen molar-refractivity contribution in [1.82, 2.24) is 9.25 Å². The van der Waals surface area contributed by atoms with Gasteiger partial charge in [-0.1, -0.05) is 47.1 Å². The summed E-state index contributed by atoms with van der Waals surface area (Å²) in [6.45, 7) is 9.03. The number of para-hydroxylation sites is 2. The molecule has 1 unspecified atom stereocenters. The zero-order valence-electron chi connectivity index (χ0n) is 27.5. The van der Waals surface area contributed by atoms with Crippen LogP contribution in [0, 0.1) is 27.7 Å². The van der Waals surface area contributed by atoms with Crippen LogP contribution < -0.4 is 14.0 Å². The number of aromatic nitrogens is 4. The molecule has 3 aliphatic heterocycles. The van der Waals surface area contributed by atoms with Crippen molar-refractivity contribution in [2.75, 3.05) is 0 Å². The van der Waals surface area contributed by atoms with E-state index in [1.165, 1.54) is 72.0 Å². The van der Waals surface area contributed by atoms with E-state index < -0.39 is 5.66 Å². The minimum atomic E-state index is -0.724. The monoisotopic (exact) mass is 634 g/mol. The third-order valence-corrected chi connectivity index (χ3v) is 11.6. The molecule has 9 aromatic rings. The molecule has 6 heteroatoms. The van der Waals surface area contributed by atoms with E-state index in [1.807, 2.05) is 6.07 Å². The minimum absolute atomic E-state index is 0.724. The average molecular weight is 635 g/mol. The molecule has 0 N–H and O–H groups in total. The van der Waals surface area contributed by atoms with Crippen molar-refractivity contribution in [1.29, 1.82) is 0 Å². The molecule has 7 heterocycles. The number of aryl methyl sites for hydroxylation is 2. The first-order valence-electron chi connectivity index (χ1n) is 17.0. The van der Waals surface area contributed by atoms with E-state index >= 15 is 0 Å². The van der Waals surface area contributed by atoms with Crippen LogP contribution in [-0.4, -0.2) is 9.25 Å². The summed E-state index contributed by atoms with van der Waals surface area (Å²) in [5.74, 6) is 2.90. The number of hydrogen-bond acceptors (Lipinski definition) is 2. The summed E-state index contributed by atoms with van der Waals surface area (Å²) in [5.41, 5.74) is 14.3. The third-order valence-electron chi connectivity index (χ3n) is 11.6. The van der Waals surface area contributed by atoms with Gasteiger partial charge in [0.2, 0.25) is 5.69 Å². The molecule has 1 atom stereocenters. The first-order chi connectivity index (χ1) is 24.0. The quantitative estimate of drug-likeness (QED) is 0.169. The van der Waals surface area contributed by atoms with Gasteiger partial charge >= 0.3 is 5.66 Å². The number of furan rings is 1. The molecule has 4 aromatic heterocycles. The number of fused-ring (bicyclic) bond motifs is 10. The number of hydrogen-bond donors (Lipinski definition) is 0. The second-order valence-electron chi connectivity index (χ2n) is 13.9. The van der Waals surface area contributed by atoms with Crippen molar-refractivity contribution < 1.29 is 18.4 Å². The molecule has 12 rings (SSSR count). The summed E-state index contributed by atoms with van der Waals surface area (Å²) in [6.07, 6.45) is 2.25. The fourth-order valence-corrected chi connectivity index (χ4v) is 9.90. The lowest BCUT2D eigenvalue weighted by Gasteiger charge is -2.33. The molecule has 3 aliphatic rings. The average Bonchev–Trinajstić information content (AvgIpc) is 3.83. The summed E-state index contributed by atoms with van der Waals surface area (Å²) >= 11 is 0. The van der Waals surface area contributed by atoms with E-state index in [-0.39, 0.29) is 0 Å². The van der Waals surface area contributed by atoms with E-state index in [0.717, 1.165) is 39.6 Å². The van der Waals surface area contributed by atoms with Gasteiger partial charge in [-0.05, 0) is 86.5 Å². The molecule has 0 fully saturated rings. The Morgan fingerprint density at radius 2 is 1.47 bits per heavy atom. The predicted molar refractivity (Wildman–Crippen MR) is 190 cm³/mol. The Balaban J connectivity index is 1.28. The maximum absolute atomic E-state index is 6.89. The van der Waals surface area contributed by atoms with E-state index in [4.69, 9.17) is 9.15 Å². The fraction of sp³-hybridized carbons (Fsp3) is 0.116. The van der Waals surface area contributed by atoms with Gasteiger partial charge in [0.25, 0.3) is 5.82 Å². The second-order valence-corrected chi connectivity index (χ2v) is 13.9. The number of nitrogens with zero attached hydrogens (tertiary/aromatic N) is 4. The molecule has 0 aliphatic carbocycles. The summed E-state index contributed by atoms with van der Waals surface area (Å²) in [5, 5.41) is 4.80. The molecular formula is C43H30N4O2+2. The van der Waals surface area contributed by atoms with E-state index in [1.54, 1.807) is 0 Å². The highest BCUT2D eigenvalue weighted by Gasteiger charge is 2.70. The highest BCUT2D eigenvalue weighted by molar-refractivity contribution is 6.12. The Bertz CT molecular complexity index is 3030. The molecule has 232 valence electrons. The predicted octanol–water partition coefficient (Wildman–Crippen LogP) is 8.98. The summed E-state index contributed by atoms with van der Waals surface area (Å²) in [6, 6.07) is 36.9. The molecule has 0 radical (unpaired) electrons. The number of pyridine rings is 1. The van der Waals surface area contributed by atoms with Crippen molar-refractivity contribution in [3.05, 3.63) is 143 Å². The normalized spacial score (nSPS) is 16.4. The SMILES string of the molecule is Cc1cc2c(oc3ccccc32)c(C)c1-c1c(C)n2[n+](c1C)C13c4c(cccc4-2)Oc2ccc4c5ccccc5n(c4c21)-c1cccc[n+]13. The third kappa shape index (κ3) is 2.67. The molecule has 5 aromatic carbocycles. The highest BCUT2D eigenvalue weighted by atomic mass is 16.5. The van der Waals surface area contributed by atoms with Crippen molar-refractivity contribution in [2.24, 2.45) is 0 Å². The lowest BCUT2D eigenvalue weighted by atomic mass is 9.83. The Kier molecular flexibility index (Phi) is 4.38. The van der Waals surface area contributed by atoms with E-state index in [9.17, 15) is 0 Å². The zero-order valence-corrected chi connectivity index (χ0v) is 27.5. The largest absolute Gasteiger partial charge is 0.456 e. The van der Waals surface area contributed by atoms with Crippen molar-refractivity contribution in [3.8, 4) is 34.1 Å².